The topological polar surface area (TPSA) is 53.6 Å². The van der Waals surface area contributed by atoms with E-state index in [0.29, 0.717) is 10.7 Å². The summed E-state index contributed by atoms with van der Waals surface area (Å²) in [5.74, 6) is -0.174. The molecule has 0 spiro atoms. The first-order valence-corrected chi connectivity index (χ1v) is 7.50. The van der Waals surface area contributed by atoms with Gasteiger partial charge in [-0.1, -0.05) is 6.92 Å². The highest BCUT2D eigenvalue weighted by atomic mass is 32.2. The molecule has 2 N–H and O–H groups in total. The monoisotopic (exact) mass is 294 g/mol. The first-order valence-electron chi connectivity index (χ1n) is 6.68. The van der Waals surface area contributed by atoms with E-state index < -0.39 is 0 Å². The molecule has 1 heterocycles. The Hall–Kier alpha value is -1.40. The highest BCUT2D eigenvalue weighted by molar-refractivity contribution is 7.99. The molecule has 6 heteroatoms. The van der Waals surface area contributed by atoms with Crippen molar-refractivity contribution in [1.82, 2.24) is 20.5 Å². The number of nitrogens with zero attached hydrogens (tertiary/aromatic N) is 2. The van der Waals surface area contributed by atoms with Gasteiger partial charge in [-0.15, -0.1) is 0 Å². The van der Waals surface area contributed by atoms with E-state index in [2.05, 4.69) is 27.4 Å². The van der Waals surface area contributed by atoms with E-state index in [1.165, 1.54) is 18.1 Å². The van der Waals surface area contributed by atoms with Crippen LogP contribution in [-0.2, 0) is 0 Å². The van der Waals surface area contributed by atoms with Gasteiger partial charge in [-0.3, -0.25) is 5.10 Å². The van der Waals surface area contributed by atoms with Gasteiger partial charge in [0, 0.05) is 10.9 Å². The number of halogens is 1. The molecule has 108 valence electrons. The number of H-pyrrole nitrogens is 1. The predicted molar refractivity (Wildman–Crippen MR) is 78.4 cm³/mol. The van der Waals surface area contributed by atoms with Crippen LogP contribution >= 0.6 is 11.8 Å². The summed E-state index contributed by atoms with van der Waals surface area (Å²) >= 11 is 1.47. The summed E-state index contributed by atoms with van der Waals surface area (Å²) in [6.07, 6.45) is 2.51. The molecule has 0 amide bonds. The Kier molecular flexibility index (Phi) is 5.14. The molecule has 0 radical (unpaired) electrons. The maximum absolute atomic E-state index is 13.8. The molecule has 1 aromatic heterocycles. The summed E-state index contributed by atoms with van der Waals surface area (Å²) in [5, 5.41) is 10.7. The molecular formula is C14H19FN4S. The molecule has 0 bridgehead atoms. The lowest BCUT2D eigenvalue weighted by atomic mass is 10.1. The van der Waals surface area contributed by atoms with Crippen LogP contribution < -0.4 is 5.32 Å². The van der Waals surface area contributed by atoms with Gasteiger partial charge in [0.05, 0.1) is 0 Å². The SMILES string of the molecule is CCCNC(C)c1cc(F)c(C)cc1Sc1ncn[nH]1. The van der Waals surface area contributed by atoms with Crippen LogP contribution in [0.5, 0.6) is 0 Å². The molecule has 4 nitrogen and oxygen atoms in total. The van der Waals surface area contributed by atoms with Crippen molar-refractivity contribution in [3.8, 4) is 0 Å². The van der Waals surface area contributed by atoms with Crippen molar-refractivity contribution >= 4 is 11.8 Å². The van der Waals surface area contributed by atoms with Crippen molar-refractivity contribution in [2.75, 3.05) is 6.54 Å². The van der Waals surface area contributed by atoms with Gasteiger partial charge in [0.25, 0.3) is 0 Å². The van der Waals surface area contributed by atoms with Crippen LogP contribution in [0.1, 0.15) is 37.4 Å². The fraction of sp³-hybridized carbons (Fsp3) is 0.429. The zero-order valence-corrected chi connectivity index (χ0v) is 12.7. The van der Waals surface area contributed by atoms with Crippen molar-refractivity contribution < 1.29 is 4.39 Å². The molecule has 1 aromatic carbocycles. The molecule has 0 saturated heterocycles. The summed E-state index contributed by atoms with van der Waals surface area (Å²) in [6.45, 7) is 6.83. The van der Waals surface area contributed by atoms with Crippen molar-refractivity contribution in [2.45, 2.75) is 43.3 Å². The average molecular weight is 294 g/mol. The van der Waals surface area contributed by atoms with Gasteiger partial charge < -0.3 is 5.32 Å². The standard InChI is InChI=1S/C14H19FN4S/c1-4-5-16-10(3)11-7-12(15)9(2)6-13(11)20-14-17-8-18-19-14/h6-8,10,16H,4-5H2,1-3H3,(H,17,18,19). The van der Waals surface area contributed by atoms with Gasteiger partial charge in [0.2, 0.25) is 0 Å². The van der Waals surface area contributed by atoms with Crippen LogP contribution in [0.15, 0.2) is 28.5 Å². The maximum atomic E-state index is 13.8. The van der Waals surface area contributed by atoms with E-state index in [1.807, 2.05) is 13.0 Å². The first-order chi connectivity index (χ1) is 9.61. The van der Waals surface area contributed by atoms with Crippen LogP contribution in [0, 0.1) is 12.7 Å². The van der Waals surface area contributed by atoms with Crippen molar-refractivity contribution in [1.29, 1.82) is 0 Å². The third-order valence-electron chi connectivity index (χ3n) is 3.06. The Morgan fingerprint density at radius 3 is 2.90 bits per heavy atom. The van der Waals surface area contributed by atoms with Crippen LogP contribution in [-0.4, -0.2) is 21.7 Å². The second-order valence-corrected chi connectivity index (χ2v) is 5.74. The minimum Gasteiger partial charge on any atom is -0.310 e. The molecule has 0 aliphatic carbocycles. The zero-order valence-electron chi connectivity index (χ0n) is 11.9. The van der Waals surface area contributed by atoms with Crippen LogP contribution in [0.25, 0.3) is 0 Å². The highest BCUT2D eigenvalue weighted by Crippen LogP contribution is 2.33. The lowest BCUT2D eigenvalue weighted by Gasteiger charge is -2.18. The molecule has 1 atom stereocenters. The molecular weight excluding hydrogens is 275 g/mol. The normalized spacial score (nSPS) is 12.6. The Morgan fingerprint density at radius 1 is 1.45 bits per heavy atom. The molecule has 0 fully saturated rings. The quantitative estimate of drug-likeness (QED) is 0.856. The number of benzene rings is 1. The number of hydrogen-bond donors (Lipinski definition) is 2. The van der Waals surface area contributed by atoms with E-state index in [-0.39, 0.29) is 11.9 Å². The summed E-state index contributed by atoms with van der Waals surface area (Å²) in [5.41, 5.74) is 1.58. The lowest BCUT2D eigenvalue weighted by Crippen LogP contribution is -2.20. The zero-order chi connectivity index (χ0) is 14.5. The second-order valence-electron chi connectivity index (χ2n) is 4.71. The predicted octanol–water partition coefficient (Wildman–Crippen LogP) is 3.46. The summed E-state index contributed by atoms with van der Waals surface area (Å²) in [7, 11) is 0. The van der Waals surface area contributed by atoms with Crippen molar-refractivity contribution in [2.24, 2.45) is 0 Å². The molecule has 0 saturated carbocycles. The molecule has 20 heavy (non-hydrogen) atoms. The highest BCUT2D eigenvalue weighted by Gasteiger charge is 2.15. The Bertz CT molecular complexity index is 557. The molecule has 2 aromatic rings. The minimum absolute atomic E-state index is 0.0930. The lowest BCUT2D eigenvalue weighted by molar-refractivity contribution is 0.552. The van der Waals surface area contributed by atoms with E-state index in [9.17, 15) is 4.39 Å². The number of aromatic amines is 1. The second kappa shape index (κ2) is 6.85. The smallest absolute Gasteiger partial charge is 0.188 e. The largest absolute Gasteiger partial charge is 0.310 e. The van der Waals surface area contributed by atoms with E-state index >= 15 is 0 Å². The van der Waals surface area contributed by atoms with E-state index in [4.69, 9.17) is 0 Å². The summed E-state index contributed by atoms with van der Waals surface area (Å²) in [6, 6.07) is 3.57. The van der Waals surface area contributed by atoms with Gasteiger partial charge in [-0.2, -0.15) is 5.10 Å². The molecule has 1 unspecified atom stereocenters. The van der Waals surface area contributed by atoms with Crippen molar-refractivity contribution in [3.05, 3.63) is 35.4 Å². The van der Waals surface area contributed by atoms with Gasteiger partial charge in [0.15, 0.2) is 5.16 Å². The van der Waals surface area contributed by atoms with Crippen LogP contribution in [0.4, 0.5) is 4.39 Å². The number of nitrogens with one attached hydrogen (secondary N) is 2. The minimum atomic E-state index is -0.174. The average Bonchev–Trinajstić information content (AvgIpc) is 2.92. The van der Waals surface area contributed by atoms with Gasteiger partial charge >= 0.3 is 0 Å². The summed E-state index contributed by atoms with van der Waals surface area (Å²) < 4.78 is 13.8. The fourth-order valence-electron chi connectivity index (χ4n) is 1.92. The Labute approximate surface area is 122 Å². The van der Waals surface area contributed by atoms with Gasteiger partial charge in [-0.05, 0) is 61.8 Å². The summed E-state index contributed by atoms with van der Waals surface area (Å²) in [4.78, 5) is 5.11. The number of rotatable bonds is 6. The molecule has 0 aliphatic rings. The Morgan fingerprint density at radius 2 is 2.25 bits per heavy atom. The number of aryl methyl sites for hydroxylation is 1. The maximum Gasteiger partial charge on any atom is 0.188 e. The number of aromatic nitrogens is 3. The van der Waals surface area contributed by atoms with Gasteiger partial charge in [0.1, 0.15) is 12.1 Å². The van der Waals surface area contributed by atoms with E-state index in [0.717, 1.165) is 23.4 Å². The van der Waals surface area contributed by atoms with Crippen molar-refractivity contribution in [3.63, 3.8) is 0 Å². The first kappa shape index (κ1) is 15.0. The third-order valence-corrected chi connectivity index (χ3v) is 4.02. The fourth-order valence-corrected chi connectivity index (χ4v) is 2.91. The molecule has 0 aliphatic heterocycles. The Balaban J connectivity index is 2.30. The number of hydrogen-bond acceptors (Lipinski definition) is 4. The van der Waals surface area contributed by atoms with Crippen LogP contribution in [0.2, 0.25) is 0 Å². The van der Waals surface area contributed by atoms with E-state index in [1.54, 1.807) is 13.0 Å². The van der Waals surface area contributed by atoms with Crippen LogP contribution in [0.3, 0.4) is 0 Å². The van der Waals surface area contributed by atoms with Gasteiger partial charge in [-0.25, -0.2) is 9.37 Å². The molecule has 2 rings (SSSR count). The third kappa shape index (κ3) is 3.58.